The van der Waals surface area contributed by atoms with E-state index in [0.717, 1.165) is 57.8 Å². The molecule has 1 N–H and O–H groups in total. The number of ether oxygens (including phenoxy) is 1. The van der Waals surface area contributed by atoms with Gasteiger partial charge in [-0.25, -0.2) is 9.78 Å². The largest absolute Gasteiger partial charge is 0.381 e. The first-order valence-corrected chi connectivity index (χ1v) is 8.51. The number of aromatic nitrogens is 1. The van der Waals surface area contributed by atoms with Crippen LogP contribution in [0.4, 0.5) is 10.6 Å². The van der Waals surface area contributed by atoms with Gasteiger partial charge in [0.05, 0.1) is 0 Å². The molecule has 1 aromatic rings. The standard InChI is InChI=1S/C17H26N4O2/c1-20(16-4-2-3-9-18-16)15-5-10-21(11-6-15)17(22)19-14-7-12-23-13-8-14/h2-4,9,14-15H,5-8,10-13H2,1H3,(H,19,22). The Morgan fingerprint density at radius 3 is 2.65 bits per heavy atom. The van der Waals surface area contributed by atoms with Crippen LogP contribution in [0.3, 0.4) is 0 Å². The highest BCUT2D eigenvalue weighted by Crippen LogP contribution is 2.20. The summed E-state index contributed by atoms with van der Waals surface area (Å²) in [5.41, 5.74) is 0. The topological polar surface area (TPSA) is 57.7 Å². The number of hydrogen-bond donors (Lipinski definition) is 1. The number of likely N-dealkylation sites (tertiary alicyclic amines) is 1. The second-order valence-corrected chi connectivity index (χ2v) is 6.35. The summed E-state index contributed by atoms with van der Waals surface area (Å²) in [4.78, 5) is 20.9. The molecule has 0 aliphatic carbocycles. The Hall–Kier alpha value is -1.82. The number of piperidine rings is 1. The third-order valence-electron chi connectivity index (χ3n) is 4.86. The van der Waals surface area contributed by atoms with Crippen LogP contribution < -0.4 is 10.2 Å². The molecule has 0 unspecified atom stereocenters. The molecule has 2 saturated heterocycles. The van der Waals surface area contributed by atoms with Crippen molar-refractivity contribution in [3.8, 4) is 0 Å². The van der Waals surface area contributed by atoms with Crippen LogP contribution in [-0.4, -0.2) is 61.3 Å². The highest BCUT2D eigenvalue weighted by molar-refractivity contribution is 5.74. The lowest BCUT2D eigenvalue weighted by Crippen LogP contribution is -2.51. The van der Waals surface area contributed by atoms with Crippen molar-refractivity contribution in [2.24, 2.45) is 0 Å². The zero-order valence-corrected chi connectivity index (χ0v) is 13.8. The van der Waals surface area contributed by atoms with E-state index in [2.05, 4.69) is 22.2 Å². The Kier molecular flexibility index (Phi) is 5.33. The molecule has 6 heteroatoms. The van der Waals surface area contributed by atoms with Crippen molar-refractivity contribution in [2.45, 2.75) is 37.8 Å². The van der Waals surface area contributed by atoms with Crippen LogP contribution in [0.5, 0.6) is 0 Å². The molecule has 3 heterocycles. The first-order valence-electron chi connectivity index (χ1n) is 8.51. The van der Waals surface area contributed by atoms with Crippen molar-refractivity contribution >= 4 is 11.8 Å². The lowest BCUT2D eigenvalue weighted by atomic mass is 10.0. The molecule has 2 aliphatic rings. The number of hydrogen-bond acceptors (Lipinski definition) is 4. The molecule has 3 rings (SSSR count). The Labute approximate surface area is 137 Å². The predicted octanol–water partition coefficient (Wildman–Crippen LogP) is 1.87. The Morgan fingerprint density at radius 2 is 2.00 bits per heavy atom. The average molecular weight is 318 g/mol. The molecule has 0 saturated carbocycles. The van der Waals surface area contributed by atoms with Gasteiger partial charge in [-0.1, -0.05) is 6.07 Å². The van der Waals surface area contributed by atoms with Gasteiger partial charge in [-0.05, 0) is 37.8 Å². The number of pyridine rings is 1. The van der Waals surface area contributed by atoms with Gasteiger partial charge in [0.1, 0.15) is 5.82 Å². The smallest absolute Gasteiger partial charge is 0.317 e. The zero-order chi connectivity index (χ0) is 16.1. The normalized spacial score (nSPS) is 20.3. The van der Waals surface area contributed by atoms with Crippen LogP contribution in [0, 0.1) is 0 Å². The number of nitrogens with one attached hydrogen (secondary N) is 1. The maximum absolute atomic E-state index is 12.4. The van der Waals surface area contributed by atoms with Crippen LogP contribution in [-0.2, 0) is 4.74 Å². The van der Waals surface area contributed by atoms with Crippen LogP contribution >= 0.6 is 0 Å². The molecule has 0 spiro atoms. The van der Waals surface area contributed by atoms with Crippen molar-refractivity contribution < 1.29 is 9.53 Å². The SMILES string of the molecule is CN(c1ccccn1)C1CCN(C(=O)NC2CCOCC2)CC1. The molecular formula is C17H26N4O2. The quantitative estimate of drug-likeness (QED) is 0.924. The van der Waals surface area contributed by atoms with Crippen molar-refractivity contribution in [1.29, 1.82) is 0 Å². The molecule has 0 aromatic carbocycles. The average Bonchev–Trinajstić information content (AvgIpc) is 2.63. The van der Waals surface area contributed by atoms with Gasteiger partial charge in [-0.3, -0.25) is 0 Å². The van der Waals surface area contributed by atoms with Crippen molar-refractivity contribution in [3.63, 3.8) is 0 Å². The first-order chi connectivity index (χ1) is 11.2. The predicted molar refractivity (Wildman–Crippen MR) is 89.6 cm³/mol. The van der Waals surface area contributed by atoms with Gasteiger partial charge in [0.25, 0.3) is 0 Å². The fraction of sp³-hybridized carbons (Fsp3) is 0.647. The second kappa shape index (κ2) is 7.64. The summed E-state index contributed by atoms with van der Waals surface area (Å²) in [6.45, 7) is 3.11. The van der Waals surface area contributed by atoms with E-state index in [1.54, 1.807) is 0 Å². The van der Waals surface area contributed by atoms with Crippen molar-refractivity contribution in [1.82, 2.24) is 15.2 Å². The van der Waals surface area contributed by atoms with E-state index in [4.69, 9.17) is 4.74 Å². The maximum Gasteiger partial charge on any atom is 0.317 e. The van der Waals surface area contributed by atoms with Crippen molar-refractivity contribution in [3.05, 3.63) is 24.4 Å². The highest BCUT2D eigenvalue weighted by Gasteiger charge is 2.27. The van der Waals surface area contributed by atoms with Gasteiger partial charge in [0.2, 0.25) is 0 Å². The fourth-order valence-electron chi connectivity index (χ4n) is 3.31. The molecule has 0 radical (unpaired) electrons. The van der Waals surface area contributed by atoms with Gasteiger partial charge < -0.3 is 19.9 Å². The highest BCUT2D eigenvalue weighted by atomic mass is 16.5. The lowest BCUT2D eigenvalue weighted by Gasteiger charge is -2.38. The summed E-state index contributed by atoms with van der Waals surface area (Å²) in [6, 6.07) is 6.76. The van der Waals surface area contributed by atoms with Gasteiger partial charge >= 0.3 is 6.03 Å². The maximum atomic E-state index is 12.4. The monoisotopic (exact) mass is 318 g/mol. The summed E-state index contributed by atoms with van der Waals surface area (Å²) in [5.74, 6) is 0.998. The second-order valence-electron chi connectivity index (χ2n) is 6.35. The van der Waals surface area contributed by atoms with Crippen LogP contribution in [0.2, 0.25) is 0 Å². The Balaban J connectivity index is 1.47. The summed E-state index contributed by atoms with van der Waals surface area (Å²) in [6.07, 6.45) is 5.63. The minimum Gasteiger partial charge on any atom is -0.381 e. The molecule has 0 atom stereocenters. The number of nitrogens with zero attached hydrogens (tertiary/aromatic N) is 3. The summed E-state index contributed by atoms with van der Waals surface area (Å²) in [7, 11) is 2.09. The Bertz CT molecular complexity index is 497. The summed E-state index contributed by atoms with van der Waals surface area (Å²) < 4.78 is 5.33. The van der Waals surface area contributed by atoms with Gasteiger partial charge in [0, 0.05) is 51.6 Å². The fourth-order valence-corrected chi connectivity index (χ4v) is 3.31. The molecular weight excluding hydrogens is 292 g/mol. The lowest BCUT2D eigenvalue weighted by molar-refractivity contribution is 0.0775. The molecule has 23 heavy (non-hydrogen) atoms. The van der Waals surface area contributed by atoms with E-state index in [1.807, 2.05) is 29.3 Å². The number of rotatable bonds is 3. The van der Waals surface area contributed by atoms with Gasteiger partial charge in [-0.2, -0.15) is 0 Å². The van der Waals surface area contributed by atoms with E-state index in [0.29, 0.717) is 6.04 Å². The minimum atomic E-state index is 0.0795. The van der Waals surface area contributed by atoms with E-state index >= 15 is 0 Å². The van der Waals surface area contributed by atoms with E-state index < -0.39 is 0 Å². The number of urea groups is 1. The number of carbonyl (C=O) groups excluding carboxylic acids is 1. The van der Waals surface area contributed by atoms with Gasteiger partial charge in [-0.15, -0.1) is 0 Å². The van der Waals surface area contributed by atoms with Crippen LogP contribution in [0.15, 0.2) is 24.4 Å². The molecule has 2 fully saturated rings. The molecule has 2 amide bonds. The minimum absolute atomic E-state index is 0.0795. The Morgan fingerprint density at radius 1 is 1.26 bits per heavy atom. The molecule has 0 bridgehead atoms. The number of carbonyl (C=O) groups is 1. The third-order valence-corrected chi connectivity index (χ3v) is 4.86. The van der Waals surface area contributed by atoms with Crippen LogP contribution in [0.1, 0.15) is 25.7 Å². The van der Waals surface area contributed by atoms with E-state index in [9.17, 15) is 4.79 Å². The number of anilines is 1. The third kappa shape index (κ3) is 4.13. The summed E-state index contributed by atoms with van der Waals surface area (Å²) in [5, 5.41) is 3.15. The number of amides is 2. The summed E-state index contributed by atoms with van der Waals surface area (Å²) >= 11 is 0. The molecule has 126 valence electrons. The molecule has 2 aliphatic heterocycles. The molecule has 1 aromatic heterocycles. The van der Waals surface area contributed by atoms with E-state index in [-0.39, 0.29) is 12.1 Å². The zero-order valence-electron chi connectivity index (χ0n) is 13.8. The van der Waals surface area contributed by atoms with E-state index in [1.165, 1.54) is 0 Å². The van der Waals surface area contributed by atoms with Crippen molar-refractivity contribution in [2.75, 3.05) is 38.3 Å². The first kappa shape index (κ1) is 16.1. The van der Waals surface area contributed by atoms with Crippen LogP contribution in [0.25, 0.3) is 0 Å². The van der Waals surface area contributed by atoms with Gasteiger partial charge in [0.15, 0.2) is 0 Å². The molecule has 6 nitrogen and oxygen atoms in total.